The van der Waals surface area contributed by atoms with Crippen molar-refractivity contribution < 1.29 is 14.3 Å². The smallest absolute Gasteiger partial charge is 0.262 e. The Morgan fingerprint density at radius 2 is 1.92 bits per heavy atom. The minimum absolute atomic E-state index is 0.0127. The molecule has 2 heterocycles. The van der Waals surface area contributed by atoms with Crippen LogP contribution in [0.2, 0.25) is 0 Å². The van der Waals surface area contributed by atoms with E-state index in [4.69, 9.17) is 4.74 Å². The molecule has 2 aliphatic rings. The van der Waals surface area contributed by atoms with Crippen molar-refractivity contribution in [2.75, 3.05) is 43.0 Å². The third-order valence-electron chi connectivity index (χ3n) is 4.27. The summed E-state index contributed by atoms with van der Waals surface area (Å²) in [5, 5.41) is 2.84. The van der Waals surface area contributed by atoms with E-state index in [2.05, 4.69) is 31.0 Å². The number of nitrogens with one attached hydrogen (secondary N) is 1. The molecule has 2 aliphatic heterocycles. The molecule has 24 heavy (non-hydrogen) atoms. The fourth-order valence-electron chi connectivity index (χ4n) is 3.11. The monoisotopic (exact) mass is 331 g/mol. The average Bonchev–Trinajstić information content (AvgIpc) is 2.52. The predicted octanol–water partition coefficient (Wildman–Crippen LogP) is 2.10. The van der Waals surface area contributed by atoms with Gasteiger partial charge < -0.3 is 19.9 Å². The summed E-state index contributed by atoms with van der Waals surface area (Å²) in [5.41, 5.74) is 1.71. The van der Waals surface area contributed by atoms with Crippen LogP contribution in [-0.2, 0) is 9.59 Å². The van der Waals surface area contributed by atoms with Crippen molar-refractivity contribution in [2.24, 2.45) is 5.41 Å². The molecule has 0 radical (unpaired) electrons. The number of carbonyl (C=O) groups is 2. The Hall–Kier alpha value is -2.24. The number of amides is 2. The van der Waals surface area contributed by atoms with E-state index in [0.29, 0.717) is 19.5 Å². The maximum Gasteiger partial charge on any atom is 0.262 e. The van der Waals surface area contributed by atoms with E-state index in [0.717, 1.165) is 30.2 Å². The molecule has 6 nitrogen and oxygen atoms in total. The van der Waals surface area contributed by atoms with Gasteiger partial charge in [-0.1, -0.05) is 26.8 Å². The van der Waals surface area contributed by atoms with Crippen LogP contribution in [0.4, 0.5) is 11.4 Å². The van der Waals surface area contributed by atoms with Crippen molar-refractivity contribution in [2.45, 2.75) is 27.2 Å². The van der Waals surface area contributed by atoms with Gasteiger partial charge in [0, 0.05) is 32.6 Å². The molecule has 0 saturated carbocycles. The highest BCUT2D eigenvalue weighted by molar-refractivity contribution is 5.97. The highest BCUT2D eigenvalue weighted by atomic mass is 16.5. The van der Waals surface area contributed by atoms with Crippen molar-refractivity contribution in [3.05, 3.63) is 18.2 Å². The normalized spacial score (nSPS) is 17.9. The summed E-state index contributed by atoms with van der Waals surface area (Å²) in [5.74, 6) is 0.824. The van der Waals surface area contributed by atoms with Crippen molar-refractivity contribution >= 4 is 23.2 Å². The van der Waals surface area contributed by atoms with Gasteiger partial charge in [-0.3, -0.25) is 9.59 Å². The SMILES string of the molecule is CC(C)(C)CC(=O)N1CCN(c2cccc3c2OCC(=O)N3)CC1. The van der Waals surface area contributed by atoms with Gasteiger partial charge in [0.1, 0.15) is 0 Å². The molecule has 6 heteroatoms. The van der Waals surface area contributed by atoms with Crippen molar-refractivity contribution in [3.63, 3.8) is 0 Å². The highest BCUT2D eigenvalue weighted by Crippen LogP contribution is 2.38. The number of ether oxygens (including phenoxy) is 1. The molecule has 0 bridgehead atoms. The molecular formula is C18H25N3O3. The summed E-state index contributed by atoms with van der Waals surface area (Å²) in [6, 6.07) is 5.77. The molecule has 0 aromatic heterocycles. The summed E-state index contributed by atoms with van der Waals surface area (Å²) < 4.78 is 5.63. The first-order valence-electron chi connectivity index (χ1n) is 8.42. The molecule has 0 aliphatic carbocycles. The lowest BCUT2D eigenvalue weighted by molar-refractivity contribution is -0.133. The van der Waals surface area contributed by atoms with Gasteiger partial charge in [0.15, 0.2) is 12.4 Å². The first-order chi connectivity index (χ1) is 11.3. The van der Waals surface area contributed by atoms with Crippen LogP contribution in [0, 0.1) is 5.41 Å². The van der Waals surface area contributed by atoms with Crippen molar-refractivity contribution in [1.82, 2.24) is 4.90 Å². The van der Waals surface area contributed by atoms with Crippen LogP contribution < -0.4 is 15.0 Å². The van der Waals surface area contributed by atoms with E-state index in [9.17, 15) is 9.59 Å². The number of para-hydroxylation sites is 1. The molecular weight excluding hydrogens is 306 g/mol. The second kappa shape index (κ2) is 6.34. The first kappa shape index (κ1) is 16.6. The molecule has 1 N–H and O–H groups in total. The molecule has 0 atom stereocenters. The summed E-state index contributed by atoms with van der Waals surface area (Å²) in [7, 11) is 0. The third-order valence-corrected chi connectivity index (χ3v) is 4.27. The number of piperazine rings is 1. The number of fused-ring (bicyclic) bond motifs is 1. The van der Waals surface area contributed by atoms with E-state index >= 15 is 0 Å². The fraction of sp³-hybridized carbons (Fsp3) is 0.556. The van der Waals surface area contributed by atoms with Crippen LogP contribution in [0.5, 0.6) is 5.75 Å². The zero-order chi connectivity index (χ0) is 17.3. The first-order valence-corrected chi connectivity index (χ1v) is 8.42. The van der Waals surface area contributed by atoms with Gasteiger partial charge in [-0.2, -0.15) is 0 Å². The van der Waals surface area contributed by atoms with Crippen LogP contribution in [0.25, 0.3) is 0 Å². The molecule has 0 unspecified atom stereocenters. The number of hydrogen-bond acceptors (Lipinski definition) is 4. The molecule has 0 spiro atoms. The number of hydrogen-bond donors (Lipinski definition) is 1. The topological polar surface area (TPSA) is 61.9 Å². The Balaban J connectivity index is 1.67. The van der Waals surface area contributed by atoms with E-state index < -0.39 is 0 Å². The Morgan fingerprint density at radius 3 is 2.58 bits per heavy atom. The van der Waals surface area contributed by atoms with E-state index in [1.165, 1.54) is 0 Å². The molecule has 1 aromatic rings. The third kappa shape index (κ3) is 3.63. The Bertz CT molecular complexity index is 643. The lowest BCUT2D eigenvalue weighted by atomic mass is 9.91. The van der Waals surface area contributed by atoms with Crippen LogP contribution in [0.1, 0.15) is 27.2 Å². The van der Waals surface area contributed by atoms with Gasteiger partial charge in [-0.25, -0.2) is 0 Å². The Morgan fingerprint density at radius 1 is 1.21 bits per heavy atom. The van der Waals surface area contributed by atoms with Crippen LogP contribution in [0.3, 0.4) is 0 Å². The zero-order valence-corrected chi connectivity index (χ0v) is 14.6. The van der Waals surface area contributed by atoms with Crippen LogP contribution >= 0.6 is 0 Å². The summed E-state index contributed by atoms with van der Waals surface area (Å²) in [6.07, 6.45) is 0.572. The van der Waals surface area contributed by atoms with Gasteiger partial charge in [0.2, 0.25) is 5.91 Å². The van der Waals surface area contributed by atoms with Crippen molar-refractivity contribution in [3.8, 4) is 5.75 Å². The predicted molar refractivity (Wildman–Crippen MR) is 93.4 cm³/mol. The van der Waals surface area contributed by atoms with Gasteiger partial charge >= 0.3 is 0 Å². The highest BCUT2D eigenvalue weighted by Gasteiger charge is 2.27. The minimum Gasteiger partial charge on any atom is -0.479 e. The van der Waals surface area contributed by atoms with Gasteiger partial charge in [-0.15, -0.1) is 0 Å². The van der Waals surface area contributed by atoms with Crippen LogP contribution in [0.15, 0.2) is 18.2 Å². The maximum atomic E-state index is 12.4. The number of rotatable bonds is 2. The number of anilines is 2. The fourth-order valence-corrected chi connectivity index (χ4v) is 3.11. The molecule has 2 amide bonds. The number of nitrogens with zero attached hydrogens (tertiary/aromatic N) is 2. The largest absolute Gasteiger partial charge is 0.479 e. The second-order valence-corrected chi connectivity index (χ2v) is 7.60. The molecule has 1 aromatic carbocycles. The lowest BCUT2D eigenvalue weighted by Gasteiger charge is -2.38. The standard InChI is InChI=1S/C18H25N3O3/c1-18(2,3)11-16(23)21-9-7-20(8-10-21)14-6-4-5-13-17(14)24-12-15(22)19-13/h4-6H,7-12H2,1-3H3,(H,19,22). The zero-order valence-electron chi connectivity index (χ0n) is 14.6. The quantitative estimate of drug-likeness (QED) is 0.901. The van der Waals surface area contributed by atoms with Gasteiger partial charge in [0.25, 0.3) is 5.91 Å². The number of carbonyl (C=O) groups excluding carboxylic acids is 2. The summed E-state index contributed by atoms with van der Waals surface area (Å²) in [6.45, 7) is 9.27. The average molecular weight is 331 g/mol. The number of benzene rings is 1. The molecule has 1 fully saturated rings. The van der Waals surface area contributed by atoms with Crippen molar-refractivity contribution in [1.29, 1.82) is 0 Å². The Labute approximate surface area is 142 Å². The van der Waals surface area contributed by atoms with Gasteiger partial charge in [-0.05, 0) is 17.5 Å². The molecule has 130 valence electrons. The van der Waals surface area contributed by atoms with E-state index in [1.807, 2.05) is 23.1 Å². The van der Waals surface area contributed by atoms with E-state index in [-0.39, 0.29) is 23.8 Å². The second-order valence-electron chi connectivity index (χ2n) is 7.60. The van der Waals surface area contributed by atoms with E-state index in [1.54, 1.807) is 0 Å². The minimum atomic E-state index is -0.128. The van der Waals surface area contributed by atoms with Gasteiger partial charge in [0.05, 0.1) is 11.4 Å². The molecule has 3 rings (SSSR count). The lowest BCUT2D eigenvalue weighted by Crippen LogP contribution is -2.49. The maximum absolute atomic E-state index is 12.4. The molecule has 1 saturated heterocycles. The Kier molecular flexibility index (Phi) is 4.39. The summed E-state index contributed by atoms with van der Waals surface area (Å²) >= 11 is 0. The summed E-state index contributed by atoms with van der Waals surface area (Å²) in [4.78, 5) is 28.0. The van der Waals surface area contributed by atoms with Crippen LogP contribution in [-0.4, -0.2) is 49.5 Å².